The molecule has 0 spiro atoms. The van der Waals surface area contributed by atoms with E-state index in [1.54, 1.807) is 0 Å². The van der Waals surface area contributed by atoms with Crippen molar-refractivity contribution >= 4 is 38.5 Å². The lowest BCUT2D eigenvalue weighted by Crippen LogP contribution is -2.11. The molecular weight excluding hydrogens is 621 g/mol. The first-order chi connectivity index (χ1) is 25.3. The minimum absolute atomic E-state index is 0.795. The topological polar surface area (TPSA) is 42.7 Å². The molecule has 0 unspecified atom stereocenters. The van der Waals surface area contributed by atoms with Crippen LogP contribution in [0, 0.1) is 0 Å². The first kappa shape index (κ1) is 29.2. The number of para-hydroxylation sites is 1. The molecule has 0 saturated heterocycles. The van der Waals surface area contributed by atoms with Crippen LogP contribution >= 0.6 is 0 Å². The molecule has 10 rings (SSSR count). The Hall–Kier alpha value is -6.78. The van der Waals surface area contributed by atoms with E-state index in [2.05, 4.69) is 180 Å². The molecule has 0 radical (unpaired) electrons. The smallest absolute Gasteiger partial charge is 0.138 e. The van der Waals surface area contributed by atoms with Gasteiger partial charge in [0.2, 0.25) is 0 Å². The summed E-state index contributed by atoms with van der Waals surface area (Å²) < 4.78 is 2.26. The Morgan fingerprint density at radius 1 is 0.451 bits per heavy atom. The SMILES string of the molecule is C1=Cc2c(c3ccccc3n2-c2cccc(-c3cccc(-c4ccc5c(-c6ccccc6)c6ccccc6c(-c6ccccc6)c5c4)n3)n2)CN1. The maximum atomic E-state index is 5.24. The van der Waals surface area contributed by atoms with Gasteiger partial charge in [-0.05, 0) is 92.5 Å². The fourth-order valence-corrected chi connectivity index (χ4v) is 7.83. The number of pyridine rings is 2. The monoisotopic (exact) mass is 652 g/mol. The van der Waals surface area contributed by atoms with Gasteiger partial charge in [-0.2, -0.15) is 0 Å². The molecular formula is C47H32N4. The van der Waals surface area contributed by atoms with E-state index in [1.165, 1.54) is 54.7 Å². The summed E-state index contributed by atoms with van der Waals surface area (Å²) in [5.41, 5.74) is 12.1. The van der Waals surface area contributed by atoms with Gasteiger partial charge in [0, 0.05) is 23.1 Å². The molecule has 0 bridgehead atoms. The average Bonchev–Trinajstić information content (AvgIpc) is 3.55. The van der Waals surface area contributed by atoms with Crippen molar-refractivity contribution in [3.63, 3.8) is 0 Å². The first-order valence-corrected chi connectivity index (χ1v) is 17.4. The van der Waals surface area contributed by atoms with Crippen LogP contribution in [0.3, 0.4) is 0 Å². The molecule has 0 atom stereocenters. The Morgan fingerprint density at radius 3 is 1.78 bits per heavy atom. The van der Waals surface area contributed by atoms with E-state index >= 15 is 0 Å². The number of fused-ring (bicyclic) bond motifs is 5. The van der Waals surface area contributed by atoms with Crippen LogP contribution < -0.4 is 5.32 Å². The van der Waals surface area contributed by atoms with E-state index in [0.29, 0.717) is 0 Å². The number of benzene rings is 6. The lowest BCUT2D eigenvalue weighted by Gasteiger charge is -2.18. The highest BCUT2D eigenvalue weighted by atomic mass is 15.1. The van der Waals surface area contributed by atoms with Gasteiger partial charge in [-0.3, -0.25) is 4.57 Å². The molecule has 4 nitrogen and oxygen atoms in total. The van der Waals surface area contributed by atoms with Gasteiger partial charge in [0.15, 0.2) is 0 Å². The molecule has 3 aromatic heterocycles. The van der Waals surface area contributed by atoms with Gasteiger partial charge < -0.3 is 5.32 Å². The van der Waals surface area contributed by atoms with Gasteiger partial charge in [0.25, 0.3) is 0 Å². The number of hydrogen-bond acceptors (Lipinski definition) is 3. The third-order valence-corrected chi connectivity index (χ3v) is 10.1. The summed E-state index contributed by atoms with van der Waals surface area (Å²) in [5, 5.41) is 9.53. The highest BCUT2D eigenvalue weighted by Crippen LogP contribution is 2.44. The summed E-state index contributed by atoms with van der Waals surface area (Å²) in [7, 11) is 0. The van der Waals surface area contributed by atoms with Gasteiger partial charge in [-0.25, -0.2) is 9.97 Å². The van der Waals surface area contributed by atoms with Crippen LogP contribution in [0.4, 0.5) is 0 Å². The summed E-state index contributed by atoms with van der Waals surface area (Å²) in [5.74, 6) is 0.877. The molecule has 9 aromatic rings. The lowest BCUT2D eigenvalue weighted by molar-refractivity contribution is 0.852. The maximum absolute atomic E-state index is 5.24. The highest BCUT2D eigenvalue weighted by molar-refractivity contribution is 6.21. The second kappa shape index (κ2) is 12.0. The largest absolute Gasteiger partial charge is 0.387 e. The summed E-state index contributed by atoms with van der Waals surface area (Å²) in [4.78, 5) is 10.4. The molecule has 4 heteroatoms. The molecule has 1 aliphatic heterocycles. The van der Waals surface area contributed by atoms with E-state index in [4.69, 9.17) is 9.97 Å². The number of hydrogen-bond donors (Lipinski definition) is 1. The Labute approximate surface area is 296 Å². The number of nitrogens with one attached hydrogen (secondary N) is 1. The summed E-state index contributed by atoms with van der Waals surface area (Å²) in [6.45, 7) is 0.795. The maximum Gasteiger partial charge on any atom is 0.138 e. The number of aromatic nitrogens is 3. The van der Waals surface area contributed by atoms with E-state index in [0.717, 1.165) is 46.2 Å². The average molecular weight is 653 g/mol. The summed E-state index contributed by atoms with van der Waals surface area (Å²) in [6, 6.07) is 58.1. The minimum atomic E-state index is 0.795. The molecule has 6 aromatic carbocycles. The predicted molar refractivity (Wildman–Crippen MR) is 211 cm³/mol. The van der Waals surface area contributed by atoms with Crippen LogP contribution in [0.5, 0.6) is 0 Å². The van der Waals surface area contributed by atoms with Crippen LogP contribution in [-0.2, 0) is 6.54 Å². The van der Waals surface area contributed by atoms with E-state index < -0.39 is 0 Å². The fraction of sp³-hybridized carbons (Fsp3) is 0.0213. The van der Waals surface area contributed by atoms with Crippen LogP contribution in [-0.4, -0.2) is 14.5 Å². The Balaban J connectivity index is 1.14. The van der Waals surface area contributed by atoms with Crippen molar-refractivity contribution in [1.82, 2.24) is 19.9 Å². The highest BCUT2D eigenvalue weighted by Gasteiger charge is 2.20. The van der Waals surface area contributed by atoms with E-state index in [-0.39, 0.29) is 0 Å². The summed E-state index contributed by atoms with van der Waals surface area (Å²) in [6.07, 6.45) is 4.16. The minimum Gasteiger partial charge on any atom is -0.387 e. The molecule has 1 N–H and O–H groups in total. The van der Waals surface area contributed by atoms with Crippen LogP contribution in [0.25, 0.3) is 89.2 Å². The molecule has 0 fully saturated rings. The fourth-order valence-electron chi connectivity index (χ4n) is 7.83. The predicted octanol–water partition coefficient (Wildman–Crippen LogP) is 11.5. The van der Waals surface area contributed by atoms with E-state index in [1.807, 2.05) is 6.20 Å². The molecule has 240 valence electrons. The second-order valence-electron chi connectivity index (χ2n) is 13.0. The van der Waals surface area contributed by atoms with Crippen molar-refractivity contribution in [1.29, 1.82) is 0 Å². The van der Waals surface area contributed by atoms with Crippen LogP contribution in [0.2, 0.25) is 0 Å². The van der Waals surface area contributed by atoms with Gasteiger partial charge >= 0.3 is 0 Å². The van der Waals surface area contributed by atoms with Crippen molar-refractivity contribution in [2.75, 3.05) is 0 Å². The van der Waals surface area contributed by atoms with Crippen LogP contribution in [0.1, 0.15) is 11.3 Å². The molecule has 0 amide bonds. The third kappa shape index (κ3) is 4.84. The van der Waals surface area contributed by atoms with Crippen molar-refractivity contribution < 1.29 is 0 Å². The number of nitrogens with zero attached hydrogens (tertiary/aromatic N) is 3. The van der Waals surface area contributed by atoms with Gasteiger partial charge in [0.1, 0.15) is 5.82 Å². The Morgan fingerprint density at radius 2 is 1.04 bits per heavy atom. The zero-order chi connectivity index (χ0) is 33.7. The molecule has 0 aliphatic carbocycles. The van der Waals surface area contributed by atoms with Crippen molar-refractivity contribution in [2.45, 2.75) is 6.54 Å². The first-order valence-electron chi connectivity index (χ1n) is 17.4. The quantitative estimate of drug-likeness (QED) is 0.188. The van der Waals surface area contributed by atoms with Crippen molar-refractivity contribution in [2.24, 2.45) is 0 Å². The number of rotatable bonds is 5. The molecule has 4 heterocycles. The zero-order valence-electron chi connectivity index (χ0n) is 27.8. The molecule has 0 saturated carbocycles. The van der Waals surface area contributed by atoms with Gasteiger partial charge in [-0.15, -0.1) is 0 Å². The molecule has 1 aliphatic rings. The van der Waals surface area contributed by atoms with E-state index in [9.17, 15) is 0 Å². The third-order valence-electron chi connectivity index (χ3n) is 10.1. The standard InChI is InChI=1S/C47H32N4/c1-3-13-31(14-4-1)46-35-18-7-8-19-36(35)47(32-15-5-2-6-16-32)38-29-33(25-26-37(38)46)40-20-11-21-41(49-40)42-22-12-24-45(50-42)51-43-23-10-9-17-34(43)39-30-48-28-27-44(39)51/h1-29,48H,30H2. The Bertz CT molecular complexity index is 2800. The van der Waals surface area contributed by atoms with Crippen molar-refractivity contribution in [3.05, 3.63) is 181 Å². The van der Waals surface area contributed by atoms with Gasteiger partial charge in [-0.1, -0.05) is 127 Å². The van der Waals surface area contributed by atoms with Gasteiger partial charge in [0.05, 0.1) is 28.3 Å². The molecule has 51 heavy (non-hydrogen) atoms. The second-order valence-corrected chi connectivity index (χ2v) is 13.0. The van der Waals surface area contributed by atoms with Crippen LogP contribution in [0.15, 0.2) is 170 Å². The lowest BCUT2D eigenvalue weighted by atomic mass is 9.85. The normalized spacial score (nSPS) is 12.3. The van der Waals surface area contributed by atoms with Crippen molar-refractivity contribution in [3.8, 4) is 50.7 Å². The summed E-state index contributed by atoms with van der Waals surface area (Å²) >= 11 is 0. The zero-order valence-corrected chi connectivity index (χ0v) is 27.8. The Kier molecular flexibility index (Phi) is 6.85.